The van der Waals surface area contributed by atoms with Gasteiger partial charge in [0.15, 0.2) is 5.82 Å². The van der Waals surface area contributed by atoms with E-state index in [9.17, 15) is 14.4 Å². The fourth-order valence-corrected chi connectivity index (χ4v) is 3.71. The van der Waals surface area contributed by atoms with Crippen molar-refractivity contribution in [1.29, 1.82) is 5.26 Å². The summed E-state index contributed by atoms with van der Waals surface area (Å²) >= 11 is 6.31. The number of fused-ring (bicyclic) bond motifs is 1. The van der Waals surface area contributed by atoms with Crippen molar-refractivity contribution in [3.8, 4) is 11.8 Å². The Hall–Kier alpha value is -4.30. The van der Waals surface area contributed by atoms with Crippen molar-refractivity contribution in [3.63, 3.8) is 0 Å². The van der Waals surface area contributed by atoms with Gasteiger partial charge >= 0.3 is 0 Å². The van der Waals surface area contributed by atoms with Gasteiger partial charge < -0.3 is 11.5 Å². The van der Waals surface area contributed by atoms with Gasteiger partial charge in [-0.1, -0.05) is 17.7 Å². The van der Waals surface area contributed by atoms with E-state index in [0.717, 1.165) is 6.20 Å². The van der Waals surface area contributed by atoms with Crippen LogP contribution in [0.4, 0.5) is 27.9 Å². The van der Waals surface area contributed by atoms with Crippen LogP contribution in [0.2, 0.25) is 5.02 Å². The fraction of sp³-hybridized carbons (Fsp3) is 0.143. The van der Waals surface area contributed by atoms with Crippen LogP contribution in [-0.4, -0.2) is 31.0 Å². The van der Waals surface area contributed by atoms with E-state index < -0.39 is 11.4 Å². The molecule has 33 heavy (non-hydrogen) atoms. The van der Waals surface area contributed by atoms with Crippen LogP contribution in [0.15, 0.2) is 35.4 Å². The van der Waals surface area contributed by atoms with Crippen LogP contribution in [0.5, 0.6) is 0 Å². The molecule has 0 saturated carbocycles. The average Bonchev–Trinajstić information content (AvgIpc) is 2.76. The van der Waals surface area contributed by atoms with E-state index in [1.807, 2.05) is 6.07 Å². The van der Waals surface area contributed by atoms with Gasteiger partial charge in [0, 0.05) is 12.1 Å². The lowest BCUT2D eigenvalue weighted by atomic mass is 10.2. The predicted molar refractivity (Wildman–Crippen MR) is 123 cm³/mol. The number of anilines is 4. The second kappa shape index (κ2) is 8.33. The second-order valence-electron chi connectivity index (χ2n) is 6.97. The Labute approximate surface area is 191 Å². The number of rotatable bonds is 4. The molecule has 0 bridgehead atoms. The van der Waals surface area contributed by atoms with Gasteiger partial charge in [-0.05, 0) is 26.0 Å². The van der Waals surface area contributed by atoms with Crippen LogP contribution in [0.3, 0.4) is 0 Å². The van der Waals surface area contributed by atoms with Crippen molar-refractivity contribution >= 4 is 46.0 Å². The minimum Gasteiger partial charge on any atom is -0.382 e. The molecule has 3 aromatic heterocycles. The van der Waals surface area contributed by atoms with Crippen molar-refractivity contribution in [3.05, 3.63) is 62.9 Å². The number of benzene rings is 1. The molecule has 0 aliphatic rings. The lowest BCUT2D eigenvalue weighted by Crippen LogP contribution is -2.31. The topological polar surface area (TPSA) is 153 Å². The van der Waals surface area contributed by atoms with E-state index >= 15 is 0 Å². The third-order valence-corrected chi connectivity index (χ3v) is 5.37. The summed E-state index contributed by atoms with van der Waals surface area (Å²) in [6.45, 7) is 3.47. The van der Waals surface area contributed by atoms with Gasteiger partial charge in [0.25, 0.3) is 5.56 Å². The lowest BCUT2D eigenvalue weighted by molar-refractivity contribution is 0.609. The molecular formula is C21H17ClFN9O. The first-order valence-electron chi connectivity index (χ1n) is 9.70. The number of halogens is 2. The van der Waals surface area contributed by atoms with Crippen LogP contribution in [0, 0.1) is 24.1 Å². The molecule has 12 heteroatoms. The fourth-order valence-electron chi connectivity index (χ4n) is 3.46. The number of hydrogen-bond acceptors (Lipinski definition) is 9. The van der Waals surface area contributed by atoms with Gasteiger partial charge in [-0.3, -0.25) is 14.7 Å². The molecule has 166 valence electrons. The smallest absolute Gasteiger partial charge is 0.268 e. The molecule has 0 unspecified atom stereocenters. The highest BCUT2D eigenvalue weighted by Gasteiger charge is 2.26. The van der Waals surface area contributed by atoms with Gasteiger partial charge in [0.05, 0.1) is 34.0 Å². The molecule has 1 aromatic carbocycles. The molecule has 10 nitrogen and oxygen atoms in total. The average molecular weight is 466 g/mol. The van der Waals surface area contributed by atoms with Crippen molar-refractivity contribution in [2.75, 3.05) is 22.9 Å². The molecule has 0 spiro atoms. The summed E-state index contributed by atoms with van der Waals surface area (Å²) in [5.41, 5.74) is 11.7. The molecular weight excluding hydrogens is 449 g/mol. The highest BCUT2D eigenvalue weighted by atomic mass is 35.5. The highest BCUT2D eigenvalue weighted by molar-refractivity contribution is 6.35. The molecule has 0 atom stereocenters. The summed E-state index contributed by atoms with van der Waals surface area (Å²) < 4.78 is 15.6. The minimum absolute atomic E-state index is 0.0433. The van der Waals surface area contributed by atoms with E-state index in [1.54, 1.807) is 25.1 Å². The van der Waals surface area contributed by atoms with E-state index in [0.29, 0.717) is 5.52 Å². The highest BCUT2D eigenvalue weighted by Crippen LogP contribution is 2.31. The van der Waals surface area contributed by atoms with Gasteiger partial charge in [0.2, 0.25) is 11.9 Å². The number of pyridine rings is 1. The van der Waals surface area contributed by atoms with Crippen molar-refractivity contribution in [1.82, 2.24) is 24.5 Å². The lowest BCUT2D eigenvalue weighted by Gasteiger charge is -2.26. The SMILES string of the molecule is CCN(c1nc(N)nc(N)c1C#N)c1nc2cccc(Cl)c2c(=O)n1-c1cncc(F)c1C. The van der Waals surface area contributed by atoms with Gasteiger partial charge in [-0.25, -0.2) is 13.9 Å². The molecule has 0 saturated heterocycles. The maximum atomic E-state index is 14.4. The quantitative estimate of drug-likeness (QED) is 0.463. The van der Waals surface area contributed by atoms with Crippen LogP contribution in [-0.2, 0) is 0 Å². The zero-order chi connectivity index (χ0) is 23.9. The van der Waals surface area contributed by atoms with Crippen molar-refractivity contribution in [2.45, 2.75) is 13.8 Å². The normalized spacial score (nSPS) is 10.9. The number of nitriles is 1. The van der Waals surface area contributed by atoms with Crippen LogP contribution >= 0.6 is 11.6 Å². The molecule has 4 aromatic rings. The van der Waals surface area contributed by atoms with E-state index in [-0.39, 0.29) is 57.3 Å². The second-order valence-corrected chi connectivity index (χ2v) is 7.38. The largest absolute Gasteiger partial charge is 0.382 e. The Bertz CT molecular complexity index is 1510. The first-order valence-corrected chi connectivity index (χ1v) is 10.1. The monoisotopic (exact) mass is 465 g/mol. The zero-order valence-corrected chi connectivity index (χ0v) is 18.3. The van der Waals surface area contributed by atoms with Crippen molar-refractivity contribution < 1.29 is 4.39 Å². The molecule has 0 amide bonds. The molecule has 4 N–H and O–H groups in total. The number of nitrogen functional groups attached to an aromatic ring is 2. The van der Waals surface area contributed by atoms with Crippen LogP contribution in [0.1, 0.15) is 18.1 Å². The van der Waals surface area contributed by atoms with Crippen molar-refractivity contribution in [2.24, 2.45) is 0 Å². The third kappa shape index (κ3) is 3.56. The minimum atomic E-state index is -0.610. The first-order chi connectivity index (χ1) is 15.8. The Kier molecular flexibility index (Phi) is 5.53. The zero-order valence-electron chi connectivity index (χ0n) is 17.5. The Morgan fingerprint density at radius 2 is 2.00 bits per heavy atom. The number of aromatic nitrogens is 5. The summed E-state index contributed by atoms with van der Waals surface area (Å²) in [7, 11) is 0. The number of nitrogens with zero attached hydrogens (tertiary/aromatic N) is 7. The number of hydrogen-bond donors (Lipinski definition) is 2. The predicted octanol–water partition coefficient (Wildman–Crippen LogP) is 2.87. The molecule has 0 aliphatic heterocycles. The summed E-state index contributed by atoms with van der Waals surface area (Å²) in [6, 6.07) is 6.79. The van der Waals surface area contributed by atoms with E-state index in [2.05, 4.69) is 19.9 Å². The molecule has 0 radical (unpaired) electrons. The standard InChI is InChI=1S/C21H17ClFN9O/c1-3-31(18-11(7-24)17(25)29-20(26)30-18)21-28-14-6-4-5-12(22)16(14)19(33)32(21)15-9-27-8-13(23)10(15)2/h4-6,8-9H,3H2,1-2H3,(H4,25,26,29,30). The summed E-state index contributed by atoms with van der Waals surface area (Å²) in [4.78, 5) is 31.7. The number of nitrogens with two attached hydrogens (primary N) is 2. The Morgan fingerprint density at radius 3 is 2.70 bits per heavy atom. The van der Waals surface area contributed by atoms with E-state index in [1.165, 1.54) is 22.6 Å². The van der Waals surface area contributed by atoms with Crippen LogP contribution < -0.4 is 21.9 Å². The van der Waals surface area contributed by atoms with E-state index in [4.69, 9.17) is 23.1 Å². The van der Waals surface area contributed by atoms with Gasteiger partial charge in [-0.15, -0.1) is 0 Å². The molecule has 4 rings (SSSR count). The maximum Gasteiger partial charge on any atom is 0.268 e. The maximum absolute atomic E-state index is 14.4. The molecule has 0 aliphatic carbocycles. The Morgan fingerprint density at radius 1 is 1.24 bits per heavy atom. The van der Waals surface area contributed by atoms with Gasteiger partial charge in [-0.2, -0.15) is 15.2 Å². The summed E-state index contributed by atoms with van der Waals surface area (Å²) in [6.07, 6.45) is 2.39. The summed E-state index contributed by atoms with van der Waals surface area (Å²) in [5.74, 6) is -0.808. The summed E-state index contributed by atoms with van der Waals surface area (Å²) in [5, 5.41) is 9.99. The Balaban J connectivity index is 2.17. The first kappa shape index (κ1) is 21.9. The molecule has 3 heterocycles. The molecule has 0 fully saturated rings. The van der Waals surface area contributed by atoms with Gasteiger partial charge in [0.1, 0.15) is 23.3 Å². The van der Waals surface area contributed by atoms with Crippen LogP contribution in [0.25, 0.3) is 16.6 Å². The third-order valence-electron chi connectivity index (χ3n) is 5.06.